The SMILES string of the molecule is COc1ccc(COC[C@H](C)[C@H](C[C@@H]2CC=C[C@@H](CC=O)O2)OC)cc1. The zero-order chi connectivity index (χ0) is 18.8. The van der Waals surface area contributed by atoms with Crippen LogP contribution in [0, 0.1) is 5.92 Å². The van der Waals surface area contributed by atoms with Gasteiger partial charge in [0.25, 0.3) is 0 Å². The number of hydrogen-bond acceptors (Lipinski definition) is 5. The van der Waals surface area contributed by atoms with Gasteiger partial charge in [0.15, 0.2) is 0 Å². The minimum Gasteiger partial charge on any atom is -0.497 e. The van der Waals surface area contributed by atoms with Crippen LogP contribution in [0.15, 0.2) is 36.4 Å². The maximum atomic E-state index is 10.7. The summed E-state index contributed by atoms with van der Waals surface area (Å²) in [4.78, 5) is 10.7. The summed E-state index contributed by atoms with van der Waals surface area (Å²) in [5.41, 5.74) is 1.12. The summed E-state index contributed by atoms with van der Waals surface area (Å²) in [6.07, 6.45) is 7.06. The number of hydrogen-bond donors (Lipinski definition) is 0. The lowest BCUT2D eigenvalue weighted by Gasteiger charge is -2.30. The predicted octanol–water partition coefficient (Wildman–Crippen LogP) is 3.56. The molecule has 26 heavy (non-hydrogen) atoms. The highest BCUT2D eigenvalue weighted by molar-refractivity contribution is 5.50. The van der Waals surface area contributed by atoms with Gasteiger partial charge in [-0.2, -0.15) is 0 Å². The van der Waals surface area contributed by atoms with Crippen LogP contribution in [0.25, 0.3) is 0 Å². The maximum Gasteiger partial charge on any atom is 0.122 e. The van der Waals surface area contributed by atoms with Gasteiger partial charge in [-0.25, -0.2) is 0 Å². The van der Waals surface area contributed by atoms with E-state index in [9.17, 15) is 4.79 Å². The highest BCUT2D eigenvalue weighted by atomic mass is 16.5. The number of carbonyl (C=O) groups excluding carboxylic acids is 1. The van der Waals surface area contributed by atoms with Gasteiger partial charge < -0.3 is 23.7 Å². The number of methoxy groups -OCH3 is 2. The summed E-state index contributed by atoms with van der Waals surface area (Å²) in [6.45, 7) is 3.31. The highest BCUT2D eigenvalue weighted by Crippen LogP contribution is 2.23. The van der Waals surface area contributed by atoms with Crippen molar-refractivity contribution in [2.24, 2.45) is 5.92 Å². The molecule has 144 valence electrons. The lowest BCUT2D eigenvalue weighted by molar-refractivity contribution is -0.111. The minimum absolute atomic E-state index is 0.0549. The summed E-state index contributed by atoms with van der Waals surface area (Å²) in [5.74, 6) is 1.09. The molecule has 0 N–H and O–H groups in total. The van der Waals surface area contributed by atoms with Crippen molar-refractivity contribution in [1.29, 1.82) is 0 Å². The molecule has 5 nitrogen and oxygen atoms in total. The van der Waals surface area contributed by atoms with Crippen LogP contribution in [0.4, 0.5) is 0 Å². The molecule has 0 amide bonds. The smallest absolute Gasteiger partial charge is 0.122 e. The third kappa shape index (κ3) is 6.56. The van der Waals surface area contributed by atoms with Crippen LogP contribution < -0.4 is 4.74 Å². The van der Waals surface area contributed by atoms with Crippen molar-refractivity contribution in [3.8, 4) is 5.75 Å². The predicted molar refractivity (Wildman–Crippen MR) is 100 cm³/mol. The van der Waals surface area contributed by atoms with E-state index in [-0.39, 0.29) is 24.2 Å². The van der Waals surface area contributed by atoms with Crippen LogP contribution in [0.3, 0.4) is 0 Å². The molecule has 0 aliphatic carbocycles. The molecule has 5 heteroatoms. The van der Waals surface area contributed by atoms with Gasteiger partial charge in [-0.05, 0) is 24.1 Å². The summed E-state index contributed by atoms with van der Waals surface area (Å²) in [5, 5.41) is 0. The third-order valence-corrected chi connectivity index (χ3v) is 4.69. The van der Waals surface area contributed by atoms with Gasteiger partial charge in [0.05, 0.1) is 38.6 Å². The van der Waals surface area contributed by atoms with E-state index in [2.05, 4.69) is 13.0 Å². The summed E-state index contributed by atoms with van der Waals surface area (Å²) in [7, 11) is 3.39. The Morgan fingerprint density at radius 3 is 2.69 bits per heavy atom. The molecule has 1 aromatic rings. The molecule has 0 saturated carbocycles. The topological polar surface area (TPSA) is 54.0 Å². The number of ether oxygens (including phenoxy) is 4. The van der Waals surface area contributed by atoms with E-state index in [0.29, 0.717) is 19.6 Å². The Kier molecular flexibility index (Phi) is 8.81. The second-order valence-electron chi connectivity index (χ2n) is 6.71. The van der Waals surface area contributed by atoms with Gasteiger partial charge >= 0.3 is 0 Å². The highest BCUT2D eigenvalue weighted by Gasteiger charge is 2.25. The first-order chi connectivity index (χ1) is 12.7. The van der Waals surface area contributed by atoms with E-state index < -0.39 is 0 Å². The Hall–Kier alpha value is -1.69. The Bertz CT molecular complexity index is 554. The van der Waals surface area contributed by atoms with Crippen molar-refractivity contribution in [1.82, 2.24) is 0 Å². The van der Waals surface area contributed by atoms with Crippen molar-refractivity contribution in [3.05, 3.63) is 42.0 Å². The zero-order valence-electron chi connectivity index (χ0n) is 15.9. The molecule has 1 aliphatic heterocycles. The van der Waals surface area contributed by atoms with E-state index in [1.165, 1.54) is 0 Å². The second kappa shape index (κ2) is 11.1. The van der Waals surface area contributed by atoms with E-state index in [4.69, 9.17) is 18.9 Å². The average molecular weight is 362 g/mol. The number of benzene rings is 1. The quantitative estimate of drug-likeness (QED) is 0.445. The van der Waals surface area contributed by atoms with Crippen molar-refractivity contribution in [2.75, 3.05) is 20.8 Å². The molecule has 0 aromatic heterocycles. The van der Waals surface area contributed by atoms with E-state index >= 15 is 0 Å². The first-order valence-corrected chi connectivity index (χ1v) is 9.15. The van der Waals surface area contributed by atoms with Gasteiger partial charge in [0, 0.05) is 25.9 Å². The van der Waals surface area contributed by atoms with Crippen LogP contribution in [0.5, 0.6) is 5.75 Å². The molecule has 1 heterocycles. The third-order valence-electron chi connectivity index (χ3n) is 4.69. The van der Waals surface area contributed by atoms with Gasteiger partial charge in [0.1, 0.15) is 12.0 Å². The molecule has 4 atom stereocenters. The fourth-order valence-corrected chi connectivity index (χ4v) is 3.12. The number of rotatable bonds is 11. The Labute approximate surface area is 156 Å². The fourth-order valence-electron chi connectivity index (χ4n) is 3.12. The standard InChI is InChI=1S/C21H30O5/c1-16(14-25-15-17-7-9-18(23-2)10-8-17)21(24-3)13-20-6-4-5-19(26-20)11-12-22/h4-5,7-10,12,16,19-21H,6,11,13-15H2,1-3H3/t16-,19-,20-,21-/m0/s1. The van der Waals surface area contributed by atoms with E-state index in [1.807, 2.05) is 30.3 Å². The van der Waals surface area contributed by atoms with E-state index in [1.54, 1.807) is 14.2 Å². The molecule has 2 rings (SSSR count). The Morgan fingerprint density at radius 2 is 2.04 bits per heavy atom. The summed E-state index contributed by atoms with van der Waals surface area (Å²) < 4.78 is 22.7. The average Bonchev–Trinajstić information content (AvgIpc) is 2.67. The molecular weight excluding hydrogens is 332 g/mol. The second-order valence-corrected chi connectivity index (χ2v) is 6.71. The first kappa shape index (κ1) is 20.6. The first-order valence-electron chi connectivity index (χ1n) is 9.15. The molecule has 0 unspecified atom stereocenters. The molecule has 0 saturated heterocycles. The zero-order valence-corrected chi connectivity index (χ0v) is 15.9. The number of carbonyl (C=O) groups is 1. The summed E-state index contributed by atoms with van der Waals surface area (Å²) in [6, 6.07) is 7.88. The number of aldehydes is 1. The van der Waals surface area contributed by atoms with Gasteiger partial charge in [-0.1, -0.05) is 31.2 Å². The molecular formula is C21H30O5. The van der Waals surface area contributed by atoms with Crippen LogP contribution >= 0.6 is 0 Å². The van der Waals surface area contributed by atoms with Crippen LogP contribution in [0.1, 0.15) is 31.7 Å². The van der Waals surface area contributed by atoms with E-state index in [0.717, 1.165) is 30.4 Å². The van der Waals surface area contributed by atoms with Gasteiger partial charge in [-0.3, -0.25) is 0 Å². The van der Waals surface area contributed by atoms with Crippen LogP contribution in [-0.2, 0) is 25.6 Å². The van der Waals surface area contributed by atoms with Crippen LogP contribution in [0.2, 0.25) is 0 Å². The lowest BCUT2D eigenvalue weighted by atomic mass is 9.96. The minimum atomic E-state index is -0.106. The fraction of sp³-hybridized carbons (Fsp3) is 0.571. The Balaban J connectivity index is 1.75. The van der Waals surface area contributed by atoms with Crippen molar-refractivity contribution in [3.63, 3.8) is 0 Å². The van der Waals surface area contributed by atoms with Crippen LogP contribution in [-0.4, -0.2) is 45.4 Å². The largest absolute Gasteiger partial charge is 0.497 e. The monoisotopic (exact) mass is 362 g/mol. The molecule has 1 aromatic carbocycles. The maximum absolute atomic E-state index is 10.7. The van der Waals surface area contributed by atoms with Crippen molar-refractivity contribution >= 4 is 6.29 Å². The van der Waals surface area contributed by atoms with Gasteiger partial charge in [0.2, 0.25) is 0 Å². The summed E-state index contributed by atoms with van der Waals surface area (Å²) >= 11 is 0. The normalized spacial score (nSPS) is 22.0. The lowest BCUT2D eigenvalue weighted by Crippen LogP contribution is -2.33. The van der Waals surface area contributed by atoms with Crippen molar-refractivity contribution in [2.45, 2.75) is 51.1 Å². The molecule has 0 fully saturated rings. The molecule has 1 aliphatic rings. The molecule has 0 bridgehead atoms. The Morgan fingerprint density at radius 1 is 1.27 bits per heavy atom. The van der Waals surface area contributed by atoms with Crippen molar-refractivity contribution < 1.29 is 23.7 Å². The molecule has 0 spiro atoms. The molecule has 0 radical (unpaired) electrons. The van der Waals surface area contributed by atoms with Gasteiger partial charge in [-0.15, -0.1) is 0 Å².